The van der Waals surface area contributed by atoms with Crippen LogP contribution in [0.5, 0.6) is 0 Å². The SMILES string of the molecule is O.O.O.O.O.O.O.O.O.O.O.O.O.O.O.O.O.O.O.O.O.O.O.O.O.O.O.O.O.O.O.O.O.O.O.O. The Morgan fingerprint density at radius 3 is 0.0278 bits per heavy atom. The Balaban J connectivity index is 0. The van der Waals surface area contributed by atoms with Crippen LogP contribution in [0.1, 0.15) is 0 Å². The molecular formula is H72O36. The highest BCUT2D eigenvalue weighted by Gasteiger charge is -0.377. The zero-order valence-corrected chi connectivity index (χ0v) is 18.0. The lowest BCUT2D eigenvalue weighted by atomic mass is 16.0. The molecule has 0 spiro atoms. The van der Waals surface area contributed by atoms with Gasteiger partial charge in [0.2, 0.25) is 0 Å². The van der Waals surface area contributed by atoms with Crippen LogP contribution < -0.4 is 0 Å². The van der Waals surface area contributed by atoms with E-state index in [9.17, 15) is 0 Å². The van der Waals surface area contributed by atoms with Crippen molar-refractivity contribution >= 4 is 0 Å². The third kappa shape index (κ3) is 15600. The monoisotopic (exact) mass is 648 g/mol. The number of hydrogen-bond donors (Lipinski definition) is 0. The van der Waals surface area contributed by atoms with Crippen molar-refractivity contribution in [2.45, 2.75) is 0 Å². The van der Waals surface area contributed by atoms with E-state index in [1.807, 2.05) is 0 Å². The highest BCUT2D eigenvalue weighted by molar-refractivity contribution is 0.859. The molecule has 0 aromatic heterocycles. The van der Waals surface area contributed by atoms with Crippen LogP contribution >= 0.6 is 0 Å². The highest BCUT2D eigenvalue weighted by Crippen LogP contribution is -0.254. The van der Waals surface area contributed by atoms with Crippen molar-refractivity contribution in [2.24, 2.45) is 0 Å². The Morgan fingerprint density at radius 1 is 0.0278 bits per heavy atom. The normalized spacial score (nSPS) is 0. The first-order valence-corrected chi connectivity index (χ1v) is 0. The smallest absolute Gasteiger partial charge is 0.412 e. The molecule has 0 atom stereocenters. The molecule has 72 N–H and O–H groups in total. The molecule has 288 valence electrons. The molecule has 0 radical (unpaired) electrons. The summed E-state index contributed by atoms with van der Waals surface area (Å²) in [5, 5.41) is 0. The summed E-state index contributed by atoms with van der Waals surface area (Å²) in [4.78, 5) is 0. The van der Waals surface area contributed by atoms with Crippen LogP contribution in [0.4, 0.5) is 0 Å². The van der Waals surface area contributed by atoms with Crippen molar-refractivity contribution in [2.75, 3.05) is 0 Å². The van der Waals surface area contributed by atoms with Gasteiger partial charge in [0.25, 0.3) is 0 Å². The molecule has 0 fully saturated rings. The van der Waals surface area contributed by atoms with Crippen LogP contribution in [-0.2, 0) is 0 Å². The minimum absolute atomic E-state index is 0. The Kier molecular flexibility index (Phi) is 8950000. The van der Waals surface area contributed by atoms with E-state index in [-0.39, 0.29) is 197 Å². The summed E-state index contributed by atoms with van der Waals surface area (Å²) in [5.41, 5.74) is 0. The fourth-order valence-corrected chi connectivity index (χ4v) is 0. The Labute approximate surface area is 199 Å². The molecule has 0 rings (SSSR count). The maximum absolute atomic E-state index is 0. The van der Waals surface area contributed by atoms with E-state index in [1.54, 1.807) is 0 Å². The molecular weight excluding hydrogens is 576 g/mol. The molecule has 0 saturated carbocycles. The predicted octanol–water partition coefficient (Wildman–Crippen LogP) is -29.7. The van der Waals surface area contributed by atoms with Crippen molar-refractivity contribution < 1.29 is 197 Å². The third-order valence-corrected chi connectivity index (χ3v) is 0. The van der Waals surface area contributed by atoms with Crippen LogP contribution in [0.15, 0.2) is 0 Å². The van der Waals surface area contributed by atoms with Crippen LogP contribution in [0.2, 0.25) is 0 Å². The topological polar surface area (TPSA) is 1130 Å². The van der Waals surface area contributed by atoms with Crippen molar-refractivity contribution in [1.82, 2.24) is 0 Å². The van der Waals surface area contributed by atoms with Crippen LogP contribution in [-0.4, -0.2) is 197 Å². The minimum Gasteiger partial charge on any atom is -0.412 e. The van der Waals surface area contributed by atoms with E-state index < -0.39 is 0 Å². The van der Waals surface area contributed by atoms with E-state index in [4.69, 9.17) is 0 Å². The zero-order chi connectivity index (χ0) is 0. The van der Waals surface area contributed by atoms with Gasteiger partial charge in [-0.1, -0.05) is 0 Å². The third-order valence-electron chi connectivity index (χ3n) is 0. The van der Waals surface area contributed by atoms with E-state index in [1.165, 1.54) is 0 Å². The predicted molar refractivity (Wildman–Crippen MR) is 130 cm³/mol. The number of hydrogen-bond acceptors (Lipinski definition) is 0. The lowest BCUT2D eigenvalue weighted by Gasteiger charge is -0.413. The van der Waals surface area contributed by atoms with Gasteiger partial charge in [-0.15, -0.1) is 0 Å². The van der Waals surface area contributed by atoms with Crippen LogP contribution in [0.3, 0.4) is 0 Å². The van der Waals surface area contributed by atoms with Crippen LogP contribution in [0.25, 0.3) is 0 Å². The minimum atomic E-state index is 0. The summed E-state index contributed by atoms with van der Waals surface area (Å²) >= 11 is 0. The van der Waals surface area contributed by atoms with Gasteiger partial charge in [-0.3, -0.25) is 0 Å². The van der Waals surface area contributed by atoms with E-state index in [2.05, 4.69) is 0 Å². The summed E-state index contributed by atoms with van der Waals surface area (Å²) < 4.78 is 0. The van der Waals surface area contributed by atoms with Gasteiger partial charge >= 0.3 is 0 Å². The molecule has 36 heavy (non-hydrogen) atoms. The first-order chi connectivity index (χ1) is 0. The molecule has 0 saturated heterocycles. The first-order valence-electron chi connectivity index (χ1n) is 0. The summed E-state index contributed by atoms with van der Waals surface area (Å²) in [6.45, 7) is 0. The van der Waals surface area contributed by atoms with Gasteiger partial charge in [0.1, 0.15) is 0 Å². The Bertz CT molecular complexity index is 0. The van der Waals surface area contributed by atoms with Gasteiger partial charge in [0, 0.05) is 0 Å². The standard InChI is InChI=1S/36H2O/h36*1H2. The second-order valence-electron chi connectivity index (χ2n) is 0. The van der Waals surface area contributed by atoms with Gasteiger partial charge in [0.15, 0.2) is 0 Å². The Morgan fingerprint density at radius 2 is 0.0278 bits per heavy atom. The van der Waals surface area contributed by atoms with Crippen molar-refractivity contribution in [3.05, 3.63) is 0 Å². The Hall–Kier alpha value is -1.44. The van der Waals surface area contributed by atoms with Gasteiger partial charge in [-0.2, -0.15) is 0 Å². The molecule has 0 heterocycles. The molecule has 0 aliphatic rings. The fourth-order valence-electron chi connectivity index (χ4n) is 0. The largest absolute Gasteiger partial charge is 0.412 e. The molecule has 0 amide bonds. The number of rotatable bonds is 0. The lowest BCUT2D eigenvalue weighted by Crippen LogP contribution is -0.290. The average molecular weight is 649 g/mol. The second-order valence-corrected chi connectivity index (χ2v) is 0. The van der Waals surface area contributed by atoms with Gasteiger partial charge < -0.3 is 197 Å². The zero-order valence-electron chi connectivity index (χ0n) is 18.0. The summed E-state index contributed by atoms with van der Waals surface area (Å²) in [6, 6.07) is 0. The molecule has 0 aromatic carbocycles. The van der Waals surface area contributed by atoms with Crippen LogP contribution in [0, 0.1) is 0 Å². The molecule has 0 bridgehead atoms. The average Bonchev–Trinajstić information content (AvgIpc) is 0. The molecule has 0 aliphatic carbocycles. The maximum atomic E-state index is 0. The molecule has 0 aromatic rings. The second kappa shape index (κ2) is 17200. The lowest BCUT2D eigenvalue weighted by molar-refractivity contribution is 0.823. The van der Waals surface area contributed by atoms with Gasteiger partial charge in [-0.25, -0.2) is 0 Å². The van der Waals surface area contributed by atoms with E-state index in [0.29, 0.717) is 0 Å². The maximum Gasteiger partial charge on any atom is -0.412 e. The van der Waals surface area contributed by atoms with Crippen molar-refractivity contribution in [3.8, 4) is 0 Å². The quantitative estimate of drug-likeness (QED) is 0.236. The van der Waals surface area contributed by atoms with Gasteiger partial charge in [-0.05, 0) is 0 Å². The van der Waals surface area contributed by atoms with Crippen molar-refractivity contribution in [3.63, 3.8) is 0 Å². The summed E-state index contributed by atoms with van der Waals surface area (Å²) in [5.74, 6) is 0. The highest BCUT2D eigenvalue weighted by atomic mass is 16.0. The van der Waals surface area contributed by atoms with E-state index >= 15 is 0 Å². The van der Waals surface area contributed by atoms with Crippen molar-refractivity contribution in [1.29, 1.82) is 0 Å². The van der Waals surface area contributed by atoms with E-state index in [0.717, 1.165) is 0 Å². The van der Waals surface area contributed by atoms with Gasteiger partial charge in [0.05, 0.1) is 0 Å². The summed E-state index contributed by atoms with van der Waals surface area (Å²) in [7, 11) is 0. The summed E-state index contributed by atoms with van der Waals surface area (Å²) in [6.07, 6.45) is 0. The molecule has 36 heteroatoms. The molecule has 0 unspecified atom stereocenters. The fraction of sp³-hybridized carbons (Fsp3) is 0. The first kappa shape index (κ1) is 18800. The molecule has 0 aliphatic heterocycles. The molecule has 36 nitrogen and oxygen atoms in total.